The molecule has 2 N–H and O–H groups in total. The third kappa shape index (κ3) is 5.67. The minimum atomic E-state index is -0.753. The lowest BCUT2D eigenvalue weighted by Crippen LogP contribution is -2.58. The van der Waals surface area contributed by atoms with Crippen LogP contribution in [0.5, 0.6) is 0 Å². The van der Waals surface area contributed by atoms with E-state index in [4.69, 9.17) is 4.74 Å². The first-order chi connectivity index (χ1) is 16.3. The number of rotatable bonds is 7. The summed E-state index contributed by atoms with van der Waals surface area (Å²) >= 11 is 0. The highest BCUT2D eigenvalue weighted by atomic mass is 19.1. The molecule has 186 valence electrons. The molecule has 0 unspecified atom stereocenters. The molecule has 2 atom stereocenters. The van der Waals surface area contributed by atoms with Crippen molar-refractivity contribution in [1.82, 2.24) is 25.3 Å². The van der Waals surface area contributed by atoms with Crippen LogP contribution in [-0.2, 0) is 9.53 Å². The third-order valence-corrected chi connectivity index (χ3v) is 6.15. The number of carbonyl (C=O) groups excluding carboxylic acids is 3. The molecule has 3 rings (SSSR count). The maximum atomic E-state index is 13.5. The van der Waals surface area contributed by atoms with Crippen molar-refractivity contribution in [3.05, 3.63) is 46.9 Å². The molecule has 0 radical (unpaired) electrons. The predicted molar refractivity (Wildman–Crippen MR) is 125 cm³/mol. The number of piperazine rings is 1. The van der Waals surface area contributed by atoms with Crippen molar-refractivity contribution in [2.75, 3.05) is 46.4 Å². The van der Waals surface area contributed by atoms with Gasteiger partial charge in [0.2, 0.25) is 0 Å². The Labute approximate surface area is 199 Å². The van der Waals surface area contributed by atoms with Gasteiger partial charge in [-0.15, -0.1) is 0 Å². The van der Waals surface area contributed by atoms with Gasteiger partial charge < -0.3 is 20.3 Å². The molecule has 2 heterocycles. The van der Waals surface area contributed by atoms with Crippen LogP contribution in [0.3, 0.4) is 0 Å². The molecule has 0 spiro atoms. The molecule has 0 saturated carbocycles. The van der Waals surface area contributed by atoms with Gasteiger partial charge in [0.25, 0.3) is 0 Å². The SMILES string of the molecule is CCCNC(=O)N1CCN(CC2=C(C(=O)OCC)[C@H](c3ccc(F)cc3)NC(=O)N2C)C[C@H]1C. The average molecular weight is 476 g/mol. The van der Waals surface area contributed by atoms with Crippen molar-refractivity contribution < 1.29 is 23.5 Å². The molecule has 2 aliphatic heterocycles. The van der Waals surface area contributed by atoms with Crippen molar-refractivity contribution in [3.8, 4) is 0 Å². The van der Waals surface area contributed by atoms with Crippen LogP contribution in [0.25, 0.3) is 0 Å². The molecule has 0 bridgehead atoms. The number of esters is 1. The molecule has 1 aromatic carbocycles. The highest BCUT2D eigenvalue weighted by Crippen LogP contribution is 2.32. The molecule has 1 fully saturated rings. The fraction of sp³-hybridized carbons (Fsp3) is 0.542. The van der Waals surface area contributed by atoms with E-state index >= 15 is 0 Å². The van der Waals surface area contributed by atoms with Gasteiger partial charge in [0, 0.05) is 51.5 Å². The highest BCUT2D eigenvalue weighted by Gasteiger charge is 2.38. The monoisotopic (exact) mass is 475 g/mol. The first-order valence-corrected chi connectivity index (χ1v) is 11.7. The lowest BCUT2D eigenvalue weighted by Gasteiger charge is -2.42. The zero-order valence-electron chi connectivity index (χ0n) is 20.3. The Morgan fingerprint density at radius 3 is 2.53 bits per heavy atom. The molecular weight excluding hydrogens is 441 g/mol. The van der Waals surface area contributed by atoms with E-state index in [9.17, 15) is 18.8 Å². The first-order valence-electron chi connectivity index (χ1n) is 11.7. The number of ether oxygens (including phenoxy) is 1. The normalized spacial score (nSPS) is 21.4. The van der Waals surface area contributed by atoms with Gasteiger partial charge in [-0.2, -0.15) is 0 Å². The quantitative estimate of drug-likeness (QED) is 0.591. The standard InChI is InChI=1S/C24H34FN5O4/c1-5-11-26-23(32)30-13-12-29(14-16(30)3)15-19-20(22(31)34-6-2)21(27-24(33)28(19)4)17-7-9-18(25)10-8-17/h7-10,16,21H,5-6,11-15H2,1-4H3,(H,26,32)(H,27,33)/t16-,21+/m1/s1. The summed E-state index contributed by atoms with van der Waals surface area (Å²) in [6.07, 6.45) is 0.870. The first kappa shape index (κ1) is 25.5. The minimum Gasteiger partial charge on any atom is -0.463 e. The van der Waals surface area contributed by atoms with Gasteiger partial charge in [0.1, 0.15) is 5.82 Å². The Bertz CT molecular complexity index is 936. The Morgan fingerprint density at radius 2 is 1.91 bits per heavy atom. The van der Waals surface area contributed by atoms with E-state index < -0.39 is 17.8 Å². The van der Waals surface area contributed by atoms with E-state index in [1.54, 1.807) is 26.1 Å². The fourth-order valence-corrected chi connectivity index (χ4v) is 4.33. The van der Waals surface area contributed by atoms with Gasteiger partial charge in [0.05, 0.1) is 18.2 Å². The van der Waals surface area contributed by atoms with E-state index in [2.05, 4.69) is 15.5 Å². The van der Waals surface area contributed by atoms with Gasteiger partial charge in [-0.05, 0) is 38.0 Å². The average Bonchev–Trinajstić information content (AvgIpc) is 2.81. The molecule has 4 amide bonds. The Balaban J connectivity index is 1.88. The van der Waals surface area contributed by atoms with Crippen LogP contribution in [-0.4, -0.2) is 85.2 Å². The summed E-state index contributed by atoms with van der Waals surface area (Å²) in [6, 6.07) is 4.48. The largest absolute Gasteiger partial charge is 0.463 e. The number of amides is 4. The number of benzene rings is 1. The van der Waals surface area contributed by atoms with E-state index in [0.717, 1.165) is 6.42 Å². The van der Waals surface area contributed by atoms with Crippen molar-refractivity contribution >= 4 is 18.0 Å². The van der Waals surface area contributed by atoms with Gasteiger partial charge in [0.15, 0.2) is 0 Å². The van der Waals surface area contributed by atoms with E-state index in [1.807, 2.05) is 18.7 Å². The van der Waals surface area contributed by atoms with Crippen LogP contribution in [0, 0.1) is 5.82 Å². The number of carbonyl (C=O) groups is 3. The second-order valence-electron chi connectivity index (χ2n) is 8.58. The number of urea groups is 2. The molecule has 34 heavy (non-hydrogen) atoms. The number of hydrogen-bond donors (Lipinski definition) is 2. The number of likely N-dealkylation sites (N-methyl/N-ethyl adjacent to an activating group) is 1. The smallest absolute Gasteiger partial charge is 0.338 e. The lowest BCUT2D eigenvalue weighted by atomic mass is 9.94. The van der Waals surface area contributed by atoms with E-state index in [1.165, 1.54) is 17.0 Å². The molecule has 9 nitrogen and oxygen atoms in total. The third-order valence-electron chi connectivity index (χ3n) is 6.15. The maximum absolute atomic E-state index is 13.5. The summed E-state index contributed by atoms with van der Waals surface area (Å²) in [5.74, 6) is -0.927. The number of nitrogens with zero attached hydrogens (tertiary/aromatic N) is 3. The van der Waals surface area contributed by atoms with Gasteiger partial charge >= 0.3 is 18.0 Å². The highest BCUT2D eigenvalue weighted by molar-refractivity contribution is 5.95. The number of hydrogen-bond acceptors (Lipinski definition) is 5. The van der Waals surface area contributed by atoms with Crippen molar-refractivity contribution in [2.45, 2.75) is 39.3 Å². The van der Waals surface area contributed by atoms with Crippen LogP contribution in [0.15, 0.2) is 35.5 Å². The molecule has 0 aliphatic carbocycles. The Kier molecular flexibility index (Phi) is 8.49. The molecule has 1 saturated heterocycles. The zero-order valence-corrected chi connectivity index (χ0v) is 20.3. The maximum Gasteiger partial charge on any atom is 0.338 e. The van der Waals surface area contributed by atoms with Gasteiger partial charge in [-0.25, -0.2) is 18.8 Å². The van der Waals surface area contributed by atoms with Crippen molar-refractivity contribution in [3.63, 3.8) is 0 Å². The topological polar surface area (TPSA) is 94.2 Å². The summed E-state index contributed by atoms with van der Waals surface area (Å²) in [6.45, 7) is 8.60. The van der Waals surface area contributed by atoms with Crippen LogP contribution in [0.2, 0.25) is 0 Å². The molecule has 10 heteroatoms. The van der Waals surface area contributed by atoms with Crippen molar-refractivity contribution in [1.29, 1.82) is 0 Å². The molecule has 2 aliphatic rings. The molecule has 0 aromatic heterocycles. The summed E-state index contributed by atoms with van der Waals surface area (Å²) < 4.78 is 18.8. The fourth-order valence-electron chi connectivity index (χ4n) is 4.33. The number of halogens is 1. The molecule has 1 aromatic rings. The Morgan fingerprint density at radius 1 is 1.21 bits per heavy atom. The zero-order chi connectivity index (χ0) is 24.8. The number of nitrogens with one attached hydrogen (secondary N) is 2. The van der Waals surface area contributed by atoms with Crippen molar-refractivity contribution in [2.24, 2.45) is 0 Å². The van der Waals surface area contributed by atoms with Crippen LogP contribution in [0.1, 0.15) is 38.8 Å². The van der Waals surface area contributed by atoms with Crippen LogP contribution >= 0.6 is 0 Å². The summed E-state index contributed by atoms with van der Waals surface area (Å²) in [4.78, 5) is 43.6. The van der Waals surface area contributed by atoms with Gasteiger partial charge in [-0.1, -0.05) is 19.1 Å². The van der Waals surface area contributed by atoms with Crippen LogP contribution < -0.4 is 10.6 Å². The van der Waals surface area contributed by atoms with Gasteiger partial charge in [-0.3, -0.25) is 9.80 Å². The predicted octanol–water partition coefficient (Wildman–Crippen LogP) is 2.46. The van der Waals surface area contributed by atoms with E-state index in [0.29, 0.717) is 49.6 Å². The second kappa shape index (κ2) is 11.3. The van der Waals surface area contributed by atoms with Crippen LogP contribution in [0.4, 0.5) is 14.0 Å². The minimum absolute atomic E-state index is 0.0344. The second-order valence-corrected chi connectivity index (χ2v) is 8.58. The van der Waals surface area contributed by atoms with E-state index in [-0.39, 0.29) is 24.7 Å². The Hall–Kier alpha value is -3.14. The lowest BCUT2D eigenvalue weighted by molar-refractivity contribution is -0.139. The summed E-state index contributed by atoms with van der Waals surface area (Å²) in [5.41, 5.74) is 1.45. The molecular formula is C24H34FN5O4. The summed E-state index contributed by atoms with van der Waals surface area (Å²) in [7, 11) is 1.61. The summed E-state index contributed by atoms with van der Waals surface area (Å²) in [5, 5.41) is 5.75.